The van der Waals surface area contributed by atoms with Gasteiger partial charge in [0.05, 0.1) is 29.1 Å². The Hall–Kier alpha value is -2.90. The van der Waals surface area contributed by atoms with Crippen molar-refractivity contribution < 1.29 is 24.1 Å². The molecule has 0 bridgehead atoms. The molecule has 0 saturated carbocycles. The Morgan fingerprint density at radius 2 is 2.07 bits per heavy atom. The summed E-state index contributed by atoms with van der Waals surface area (Å²) in [6.45, 7) is 2.14. The lowest BCUT2D eigenvalue weighted by molar-refractivity contribution is 0.0694. The van der Waals surface area contributed by atoms with Gasteiger partial charge in [0.2, 0.25) is 5.43 Å². The Labute approximate surface area is 177 Å². The molecule has 0 fully saturated rings. The molecular weight excluding hydrogens is 413 g/mol. The zero-order valence-electron chi connectivity index (χ0n) is 16.3. The normalized spacial score (nSPS) is 11.1. The average molecular weight is 434 g/mol. The first-order chi connectivity index (χ1) is 14.4. The largest absolute Gasteiger partial charge is 0.491 e. The predicted molar refractivity (Wildman–Crippen MR) is 112 cm³/mol. The molecule has 2 N–H and O–H groups in total. The van der Waals surface area contributed by atoms with E-state index in [9.17, 15) is 24.2 Å². The summed E-state index contributed by atoms with van der Waals surface area (Å²) in [6, 6.07) is 7.91. The number of hydrogen-bond donors (Lipinski definition) is 2. The van der Waals surface area contributed by atoms with Crippen molar-refractivity contribution in [2.24, 2.45) is 0 Å². The third-order valence-electron chi connectivity index (χ3n) is 4.66. The van der Waals surface area contributed by atoms with Crippen molar-refractivity contribution in [1.29, 1.82) is 0 Å². The molecule has 3 aromatic rings. The van der Waals surface area contributed by atoms with Gasteiger partial charge in [0.25, 0.3) is 0 Å². The number of aromatic nitrogens is 1. The van der Waals surface area contributed by atoms with Crippen LogP contribution < -0.4 is 10.2 Å². The van der Waals surface area contributed by atoms with Crippen LogP contribution in [-0.2, 0) is 13.0 Å². The van der Waals surface area contributed by atoms with E-state index in [0.717, 1.165) is 0 Å². The highest BCUT2D eigenvalue weighted by Gasteiger charge is 2.19. The summed E-state index contributed by atoms with van der Waals surface area (Å²) in [5.74, 6) is -1.54. The molecule has 30 heavy (non-hydrogen) atoms. The maximum atomic E-state index is 14.4. The Kier molecular flexibility index (Phi) is 6.74. The van der Waals surface area contributed by atoms with Crippen LogP contribution in [0.15, 0.2) is 41.3 Å². The molecule has 0 amide bonds. The fraction of sp³-hybridized carbons (Fsp3) is 0.273. The molecule has 158 valence electrons. The topological polar surface area (TPSA) is 88.8 Å². The van der Waals surface area contributed by atoms with Gasteiger partial charge in [-0.15, -0.1) is 0 Å². The molecule has 0 unspecified atom stereocenters. The van der Waals surface area contributed by atoms with Gasteiger partial charge in [-0.1, -0.05) is 30.7 Å². The fourth-order valence-electron chi connectivity index (χ4n) is 3.32. The third kappa shape index (κ3) is 4.32. The van der Waals surface area contributed by atoms with E-state index in [1.165, 1.54) is 22.9 Å². The molecule has 0 aliphatic rings. The van der Waals surface area contributed by atoms with Crippen molar-refractivity contribution in [2.75, 3.05) is 13.2 Å². The lowest BCUT2D eigenvalue weighted by atomic mass is 10.0. The standard InChI is InChI=1S/C22H21ClFNO5/c1-2-8-30-18-11-13(9-14-4-3-5-17(23)19(14)24)10-15-20(18)25(6-7-26)12-16(21(15)27)22(28)29/h3-5,10-12,26H,2,6-9H2,1H3,(H,28,29). The van der Waals surface area contributed by atoms with E-state index in [1.54, 1.807) is 18.2 Å². The minimum atomic E-state index is -1.36. The van der Waals surface area contributed by atoms with Crippen LogP contribution in [0.2, 0.25) is 5.02 Å². The first-order valence-electron chi connectivity index (χ1n) is 9.47. The maximum Gasteiger partial charge on any atom is 0.341 e. The van der Waals surface area contributed by atoms with Crippen molar-refractivity contribution in [3.05, 3.63) is 74.3 Å². The average Bonchev–Trinajstić information content (AvgIpc) is 2.71. The molecule has 0 atom stereocenters. The van der Waals surface area contributed by atoms with Crippen molar-refractivity contribution >= 4 is 28.5 Å². The predicted octanol–water partition coefficient (Wildman–Crippen LogP) is 3.86. The van der Waals surface area contributed by atoms with Gasteiger partial charge in [0.1, 0.15) is 17.1 Å². The van der Waals surface area contributed by atoms with Crippen LogP contribution in [0.3, 0.4) is 0 Å². The van der Waals surface area contributed by atoms with Crippen molar-refractivity contribution in [1.82, 2.24) is 4.57 Å². The molecule has 2 aromatic carbocycles. The molecule has 0 aliphatic carbocycles. The first-order valence-corrected chi connectivity index (χ1v) is 9.85. The molecule has 6 nitrogen and oxygen atoms in total. The zero-order valence-corrected chi connectivity index (χ0v) is 17.1. The van der Waals surface area contributed by atoms with E-state index in [1.807, 2.05) is 6.92 Å². The lowest BCUT2D eigenvalue weighted by Crippen LogP contribution is -2.20. The number of pyridine rings is 1. The van der Waals surface area contributed by atoms with Crippen LogP contribution in [-0.4, -0.2) is 34.0 Å². The number of hydrogen-bond acceptors (Lipinski definition) is 4. The second kappa shape index (κ2) is 9.28. The van der Waals surface area contributed by atoms with Crippen molar-refractivity contribution in [2.45, 2.75) is 26.3 Å². The Morgan fingerprint density at radius 1 is 1.30 bits per heavy atom. The number of nitrogens with zero attached hydrogens (tertiary/aromatic N) is 1. The Balaban J connectivity index is 2.27. The van der Waals surface area contributed by atoms with Gasteiger partial charge in [-0.2, -0.15) is 0 Å². The molecule has 3 rings (SSSR count). The minimum absolute atomic E-state index is 0.00536. The van der Waals surface area contributed by atoms with Gasteiger partial charge in [-0.3, -0.25) is 4.79 Å². The van der Waals surface area contributed by atoms with Gasteiger partial charge >= 0.3 is 5.97 Å². The number of carboxylic acids is 1. The number of aliphatic hydroxyl groups excluding tert-OH is 1. The molecule has 0 aliphatic heterocycles. The number of aromatic carboxylic acids is 1. The highest BCUT2D eigenvalue weighted by atomic mass is 35.5. The van der Waals surface area contributed by atoms with Crippen LogP contribution in [0.5, 0.6) is 5.75 Å². The summed E-state index contributed by atoms with van der Waals surface area (Å²) >= 11 is 5.87. The summed E-state index contributed by atoms with van der Waals surface area (Å²) in [4.78, 5) is 24.4. The Morgan fingerprint density at radius 3 is 2.73 bits per heavy atom. The summed E-state index contributed by atoms with van der Waals surface area (Å²) in [7, 11) is 0. The van der Waals surface area contributed by atoms with Gasteiger partial charge in [-0.25, -0.2) is 9.18 Å². The first kappa shape index (κ1) is 21.8. The molecule has 0 spiro atoms. The van der Waals surface area contributed by atoms with Crippen LogP contribution in [0.1, 0.15) is 34.8 Å². The van der Waals surface area contributed by atoms with Crippen molar-refractivity contribution in [3.8, 4) is 5.75 Å². The van der Waals surface area contributed by atoms with Crippen LogP contribution in [0.4, 0.5) is 4.39 Å². The number of ether oxygens (including phenoxy) is 1. The van der Waals surface area contributed by atoms with E-state index in [4.69, 9.17) is 16.3 Å². The molecule has 0 saturated heterocycles. The SMILES string of the molecule is CCCOc1cc(Cc2cccc(Cl)c2F)cc2c(=O)c(C(=O)O)cn(CCO)c12. The van der Waals surface area contributed by atoms with Gasteiger partial charge in [0.15, 0.2) is 0 Å². The monoisotopic (exact) mass is 433 g/mol. The number of carbonyl (C=O) groups is 1. The van der Waals surface area contributed by atoms with E-state index in [-0.39, 0.29) is 30.0 Å². The van der Waals surface area contributed by atoms with Crippen LogP contribution in [0, 0.1) is 5.82 Å². The van der Waals surface area contributed by atoms with Crippen LogP contribution >= 0.6 is 11.6 Å². The molecule has 0 radical (unpaired) electrons. The van der Waals surface area contributed by atoms with Gasteiger partial charge in [0, 0.05) is 19.2 Å². The number of carboxylic acid groups (broad SMARTS) is 1. The number of rotatable bonds is 8. The summed E-state index contributed by atoms with van der Waals surface area (Å²) in [5.41, 5.74) is 0.228. The molecule has 1 heterocycles. The number of fused-ring (bicyclic) bond motifs is 1. The summed E-state index contributed by atoms with van der Waals surface area (Å²) in [6.07, 6.45) is 2.06. The smallest absolute Gasteiger partial charge is 0.341 e. The van der Waals surface area contributed by atoms with E-state index in [0.29, 0.717) is 35.4 Å². The lowest BCUT2D eigenvalue weighted by Gasteiger charge is -2.17. The minimum Gasteiger partial charge on any atom is -0.491 e. The highest BCUT2D eigenvalue weighted by Crippen LogP contribution is 2.29. The maximum absolute atomic E-state index is 14.4. The van der Waals surface area contributed by atoms with Gasteiger partial charge in [-0.05, 0) is 35.7 Å². The van der Waals surface area contributed by atoms with E-state index >= 15 is 0 Å². The number of halogens is 2. The molecular formula is C22H21ClFNO5. The quantitative estimate of drug-likeness (QED) is 0.563. The molecule has 1 aromatic heterocycles. The third-order valence-corrected chi connectivity index (χ3v) is 4.95. The van der Waals surface area contributed by atoms with E-state index in [2.05, 4.69) is 0 Å². The van der Waals surface area contributed by atoms with Crippen molar-refractivity contribution in [3.63, 3.8) is 0 Å². The second-order valence-electron chi connectivity index (χ2n) is 6.82. The van der Waals surface area contributed by atoms with E-state index < -0.39 is 22.8 Å². The zero-order chi connectivity index (χ0) is 21.8. The summed E-state index contributed by atoms with van der Waals surface area (Å²) < 4.78 is 21.7. The number of aliphatic hydroxyl groups is 1. The molecule has 8 heteroatoms. The number of benzene rings is 2. The summed E-state index contributed by atoms with van der Waals surface area (Å²) in [5, 5.41) is 19.0. The van der Waals surface area contributed by atoms with Gasteiger partial charge < -0.3 is 19.5 Å². The second-order valence-corrected chi connectivity index (χ2v) is 7.23. The van der Waals surface area contributed by atoms with Crippen LogP contribution in [0.25, 0.3) is 10.9 Å². The Bertz CT molecular complexity index is 1160. The highest BCUT2D eigenvalue weighted by molar-refractivity contribution is 6.30. The fourth-order valence-corrected chi connectivity index (χ4v) is 3.52.